The van der Waals surface area contributed by atoms with Gasteiger partial charge < -0.3 is 9.64 Å². The van der Waals surface area contributed by atoms with E-state index in [2.05, 4.69) is 4.72 Å². The fraction of sp³-hybridized carbons (Fsp3) is 0.139. The summed E-state index contributed by atoms with van der Waals surface area (Å²) in [5.74, 6) is 0.203. The highest BCUT2D eigenvalue weighted by Crippen LogP contribution is 2.43. The van der Waals surface area contributed by atoms with E-state index >= 15 is 0 Å². The quantitative estimate of drug-likeness (QED) is 0.123. The molecule has 0 radical (unpaired) electrons. The van der Waals surface area contributed by atoms with E-state index in [4.69, 9.17) is 4.74 Å². The molecule has 0 saturated heterocycles. The molecule has 1 amide bonds. The maximum atomic E-state index is 14.6. The van der Waals surface area contributed by atoms with E-state index in [1.165, 1.54) is 24.3 Å². The second-order valence-electron chi connectivity index (χ2n) is 11.1. The molecule has 1 atom stereocenters. The average molecular weight is 649 g/mol. The lowest BCUT2D eigenvalue weighted by Gasteiger charge is -2.46. The average Bonchev–Trinajstić information content (AvgIpc) is 3.08. The Labute approximate surface area is 273 Å². The van der Waals surface area contributed by atoms with E-state index in [1.807, 2.05) is 61.2 Å². The topological polar surface area (TPSA) is 122 Å². The lowest BCUT2D eigenvalue weighted by molar-refractivity contribution is -0.384. The van der Waals surface area contributed by atoms with Crippen LogP contribution < -0.4 is 19.3 Å². The Balaban J connectivity index is 1.51. The van der Waals surface area contributed by atoms with Crippen LogP contribution in [0.4, 0.5) is 22.7 Å². The number of nitrogens with one attached hydrogen (secondary N) is 1. The fourth-order valence-electron chi connectivity index (χ4n) is 5.63. The number of rotatable bonds is 10. The molecule has 1 unspecified atom stereocenters. The zero-order valence-electron chi connectivity index (χ0n) is 25.7. The van der Waals surface area contributed by atoms with Gasteiger partial charge in [-0.15, -0.1) is 0 Å². The summed E-state index contributed by atoms with van der Waals surface area (Å²) in [6, 6.07) is 34.4. The lowest BCUT2D eigenvalue weighted by atomic mass is 9.99. The molecule has 47 heavy (non-hydrogen) atoms. The summed E-state index contributed by atoms with van der Waals surface area (Å²) in [6.07, 6.45) is -0.734. The highest BCUT2D eigenvalue weighted by Gasteiger charge is 2.40. The van der Waals surface area contributed by atoms with Crippen LogP contribution in [0.5, 0.6) is 5.75 Å². The molecular formula is C36H32N4O6S. The van der Waals surface area contributed by atoms with E-state index < -0.39 is 27.0 Å². The Bertz CT molecular complexity index is 2020. The third-order valence-electron chi connectivity index (χ3n) is 7.90. The van der Waals surface area contributed by atoms with E-state index in [9.17, 15) is 23.3 Å². The van der Waals surface area contributed by atoms with Crippen molar-refractivity contribution in [2.24, 2.45) is 0 Å². The minimum Gasteiger partial charge on any atom is -0.494 e. The fourth-order valence-corrected chi connectivity index (χ4v) is 6.71. The Hall–Kier alpha value is -5.68. The molecule has 0 fully saturated rings. The van der Waals surface area contributed by atoms with Crippen LogP contribution in [0.1, 0.15) is 40.1 Å². The van der Waals surface area contributed by atoms with Gasteiger partial charge in [-0.05, 0) is 91.7 Å². The number of nitro benzene ring substituents is 1. The molecule has 10 nitrogen and oxygen atoms in total. The van der Waals surface area contributed by atoms with Gasteiger partial charge in [0.05, 0.1) is 27.7 Å². The number of non-ortho nitro benzene ring substituents is 1. The molecule has 0 saturated carbocycles. The SMILES string of the molecule is CCOc1ccc(N2C(=O)c3cc(S(=O)(=O)Nc4ccc(C)cc4)ccc3N(Cc3ccccc3)C2c2ccc([N+](=O)[O-])cc2)cc1. The summed E-state index contributed by atoms with van der Waals surface area (Å²) in [5.41, 5.74) is 4.16. The van der Waals surface area contributed by atoms with Gasteiger partial charge in [-0.1, -0.05) is 48.0 Å². The summed E-state index contributed by atoms with van der Waals surface area (Å²) in [5, 5.41) is 11.5. The molecule has 0 aliphatic carbocycles. The standard InChI is InChI=1S/C36H32N4O6S/c1-3-46-31-19-17-29(18-20-31)39-35(27-11-15-30(16-12-27)40(42)43)38(24-26-7-5-4-6-8-26)34-22-21-32(23-33(34)36(39)41)47(44,45)37-28-13-9-25(2)10-14-28/h4-23,35,37H,3,24H2,1-2H3. The molecule has 1 heterocycles. The van der Waals surface area contributed by atoms with Gasteiger partial charge in [0.25, 0.3) is 21.6 Å². The minimum absolute atomic E-state index is 0.0646. The molecule has 5 aromatic rings. The number of anilines is 3. The molecule has 0 aromatic heterocycles. The number of amides is 1. The van der Waals surface area contributed by atoms with Crippen molar-refractivity contribution < 1.29 is 22.9 Å². The highest BCUT2D eigenvalue weighted by atomic mass is 32.2. The van der Waals surface area contributed by atoms with Crippen molar-refractivity contribution in [3.8, 4) is 5.75 Å². The van der Waals surface area contributed by atoms with Crippen LogP contribution in [-0.4, -0.2) is 25.9 Å². The number of fused-ring (bicyclic) bond motifs is 1. The first-order valence-corrected chi connectivity index (χ1v) is 16.5. The molecule has 1 aliphatic heterocycles. The number of carbonyl (C=O) groups is 1. The maximum Gasteiger partial charge on any atom is 0.269 e. The number of nitro groups is 1. The second-order valence-corrected chi connectivity index (χ2v) is 12.8. The Kier molecular flexibility index (Phi) is 8.64. The smallest absolute Gasteiger partial charge is 0.269 e. The van der Waals surface area contributed by atoms with Crippen molar-refractivity contribution in [3.63, 3.8) is 0 Å². The monoisotopic (exact) mass is 648 g/mol. The summed E-state index contributed by atoms with van der Waals surface area (Å²) in [4.78, 5) is 29.2. The Morgan fingerprint density at radius 1 is 0.872 bits per heavy atom. The summed E-state index contributed by atoms with van der Waals surface area (Å²) in [6.45, 7) is 4.61. The van der Waals surface area contributed by atoms with Gasteiger partial charge in [0.15, 0.2) is 0 Å². The first kappa shape index (κ1) is 31.3. The molecule has 11 heteroatoms. The van der Waals surface area contributed by atoms with Crippen molar-refractivity contribution in [3.05, 3.63) is 154 Å². The van der Waals surface area contributed by atoms with Crippen molar-refractivity contribution in [2.75, 3.05) is 21.1 Å². The number of carbonyl (C=O) groups excluding carboxylic acids is 1. The Morgan fingerprint density at radius 3 is 2.19 bits per heavy atom. The van der Waals surface area contributed by atoms with Gasteiger partial charge in [0.1, 0.15) is 11.9 Å². The maximum absolute atomic E-state index is 14.6. The molecule has 1 N–H and O–H groups in total. The summed E-state index contributed by atoms with van der Waals surface area (Å²) < 4.78 is 35.4. The first-order chi connectivity index (χ1) is 22.6. The molecule has 6 rings (SSSR count). The van der Waals surface area contributed by atoms with Crippen molar-refractivity contribution in [1.82, 2.24) is 0 Å². The van der Waals surface area contributed by atoms with Gasteiger partial charge in [0.2, 0.25) is 0 Å². The third-order valence-corrected chi connectivity index (χ3v) is 9.28. The van der Waals surface area contributed by atoms with Crippen LogP contribution in [0, 0.1) is 17.0 Å². The molecule has 238 valence electrons. The molecule has 0 bridgehead atoms. The number of hydrogen-bond donors (Lipinski definition) is 1. The van der Waals surface area contributed by atoms with E-state index in [1.54, 1.807) is 59.5 Å². The number of nitrogens with zero attached hydrogens (tertiary/aromatic N) is 3. The normalized spacial score (nSPS) is 14.4. The van der Waals surface area contributed by atoms with Crippen LogP contribution in [0.25, 0.3) is 0 Å². The largest absolute Gasteiger partial charge is 0.494 e. The lowest BCUT2D eigenvalue weighted by Crippen LogP contribution is -2.49. The zero-order chi connectivity index (χ0) is 33.1. The zero-order valence-corrected chi connectivity index (χ0v) is 26.6. The van der Waals surface area contributed by atoms with Gasteiger partial charge in [-0.3, -0.25) is 24.5 Å². The molecule has 5 aromatic carbocycles. The van der Waals surface area contributed by atoms with Gasteiger partial charge in [-0.25, -0.2) is 8.42 Å². The molecule has 1 aliphatic rings. The van der Waals surface area contributed by atoms with E-state index in [0.717, 1.165) is 11.1 Å². The van der Waals surface area contributed by atoms with Crippen LogP contribution in [-0.2, 0) is 16.6 Å². The van der Waals surface area contributed by atoms with Crippen LogP contribution in [0.2, 0.25) is 0 Å². The van der Waals surface area contributed by atoms with Gasteiger partial charge in [-0.2, -0.15) is 0 Å². The third kappa shape index (κ3) is 6.52. The molecule has 0 spiro atoms. The highest BCUT2D eigenvalue weighted by molar-refractivity contribution is 7.92. The van der Waals surface area contributed by atoms with Crippen LogP contribution in [0.15, 0.2) is 126 Å². The number of sulfonamides is 1. The van der Waals surface area contributed by atoms with Gasteiger partial charge >= 0.3 is 0 Å². The summed E-state index contributed by atoms with van der Waals surface area (Å²) in [7, 11) is -4.05. The Morgan fingerprint density at radius 2 is 1.55 bits per heavy atom. The van der Waals surface area contributed by atoms with Crippen molar-refractivity contribution in [1.29, 1.82) is 0 Å². The van der Waals surface area contributed by atoms with E-state index in [0.29, 0.717) is 41.5 Å². The number of hydrogen-bond acceptors (Lipinski definition) is 7. The van der Waals surface area contributed by atoms with Gasteiger partial charge in [0, 0.05) is 30.1 Å². The predicted molar refractivity (Wildman–Crippen MR) is 181 cm³/mol. The summed E-state index contributed by atoms with van der Waals surface area (Å²) >= 11 is 0. The van der Waals surface area contributed by atoms with Crippen molar-refractivity contribution in [2.45, 2.75) is 31.5 Å². The minimum atomic E-state index is -4.05. The first-order valence-electron chi connectivity index (χ1n) is 15.0. The number of ether oxygens (including phenoxy) is 1. The second kappa shape index (κ2) is 13.0. The van der Waals surface area contributed by atoms with Crippen LogP contribution in [0.3, 0.4) is 0 Å². The predicted octanol–water partition coefficient (Wildman–Crippen LogP) is 7.47. The number of benzene rings is 5. The number of aryl methyl sites for hydroxylation is 1. The molecular weight excluding hydrogens is 616 g/mol. The van der Waals surface area contributed by atoms with E-state index in [-0.39, 0.29) is 16.1 Å². The van der Waals surface area contributed by atoms with Crippen molar-refractivity contribution >= 4 is 38.7 Å². The van der Waals surface area contributed by atoms with Crippen LogP contribution >= 0.6 is 0 Å².